The average Bonchev–Trinajstić information content (AvgIpc) is 3.09. The Morgan fingerprint density at radius 2 is 1.68 bits per heavy atom. The second-order valence-electron chi connectivity index (χ2n) is 11.0. The normalized spacial score (nSPS) is 26.5. The van der Waals surface area contributed by atoms with E-state index in [4.69, 9.17) is 22.4 Å². The molecule has 0 bridgehead atoms. The SMILES string of the molecule is CCOC(=O)C=C1C2O[Si](C(C)C)(C(C)C)O[Si](C(C)C)(C(C)C)OCC2OC1n1ccc(=O)[nH]c1=O. The number of rotatable bonds is 7. The summed E-state index contributed by atoms with van der Waals surface area (Å²) in [5.74, 6) is -0.564. The number of carbonyl (C=O) groups excluding carboxylic acids is 1. The molecular formula is C25H42N2O8Si2. The number of H-pyrrole nitrogens is 1. The molecule has 2 fully saturated rings. The molecule has 2 aliphatic heterocycles. The fourth-order valence-corrected chi connectivity index (χ4v) is 16.6. The zero-order valence-electron chi connectivity index (χ0n) is 23.4. The lowest BCUT2D eigenvalue weighted by molar-refractivity contribution is -0.137. The first-order valence-corrected chi connectivity index (χ1v) is 17.1. The van der Waals surface area contributed by atoms with Crippen molar-refractivity contribution in [3.8, 4) is 0 Å². The molecule has 3 atom stereocenters. The van der Waals surface area contributed by atoms with Crippen molar-refractivity contribution in [2.45, 2.75) is 103 Å². The van der Waals surface area contributed by atoms with Crippen molar-refractivity contribution in [3.63, 3.8) is 0 Å². The average molecular weight is 555 g/mol. The standard InChI is InChI=1S/C25H42N2O8Si2/c1-10-31-22(29)13-19-23-20(33-24(19)27-12-11-21(28)26-25(27)30)14-32-36(15(2)3,16(4)5)35-37(34-23,17(6)7)18(8)9/h11-13,15-18,20,23-24H,10,14H2,1-9H3,(H,26,28,30). The molecule has 1 aromatic heterocycles. The smallest absolute Gasteiger partial charge is 0.335 e. The van der Waals surface area contributed by atoms with E-state index < -0.39 is 52.8 Å². The molecule has 12 heteroatoms. The van der Waals surface area contributed by atoms with Gasteiger partial charge in [0.15, 0.2) is 6.23 Å². The van der Waals surface area contributed by atoms with Gasteiger partial charge in [-0.05, 0) is 29.1 Å². The van der Waals surface area contributed by atoms with Gasteiger partial charge in [0, 0.05) is 23.9 Å². The molecule has 0 spiro atoms. The monoisotopic (exact) mass is 554 g/mol. The lowest BCUT2D eigenvalue weighted by atomic mass is 10.1. The van der Waals surface area contributed by atoms with Gasteiger partial charge in [-0.15, -0.1) is 0 Å². The Morgan fingerprint density at radius 1 is 1.08 bits per heavy atom. The van der Waals surface area contributed by atoms with Gasteiger partial charge in [-0.3, -0.25) is 14.3 Å². The van der Waals surface area contributed by atoms with E-state index in [2.05, 4.69) is 60.4 Å². The molecule has 10 nitrogen and oxygen atoms in total. The molecule has 37 heavy (non-hydrogen) atoms. The van der Waals surface area contributed by atoms with Crippen molar-refractivity contribution in [2.24, 2.45) is 0 Å². The Kier molecular flexibility index (Phi) is 9.24. The van der Waals surface area contributed by atoms with Crippen molar-refractivity contribution in [3.05, 3.63) is 44.8 Å². The molecule has 2 aliphatic rings. The lowest BCUT2D eigenvalue weighted by Gasteiger charge is -2.51. The van der Waals surface area contributed by atoms with Crippen LogP contribution in [0.5, 0.6) is 0 Å². The first-order valence-electron chi connectivity index (χ1n) is 13.2. The van der Waals surface area contributed by atoms with Crippen molar-refractivity contribution in [1.82, 2.24) is 9.55 Å². The number of esters is 1. The van der Waals surface area contributed by atoms with Gasteiger partial charge in [-0.1, -0.05) is 55.4 Å². The van der Waals surface area contributed by atoms with E-state index in [1.807, 2.05) is 0 Å². The Bertz CT molecular complexity index is 1090. The second-order valence-corrected chi connectivity index (χ2v) is 19.8. The zero-order valence-corrected chi connectivity index (χ0v) is 25.4. The van der Waals surface area contributed by atoms with Crippen molar-refractivity contribution >= 4 is 23.1 Å². The first kappa shape index (κ1) is 29.7. The van der Waals surface area contributed by atoms with Gasteiger partial charge in [0.1, 0.15) is 12.2 Å². The molecule has 1 N–H and O–H groups in total. The molecule has 3 rings (SSSR count). The fourth-order valence-electron chi connectivity index (χ4n) is 5.38. The number of aromatic nitrogens is 2. The quantitative estimate of drug-likeness (QED) is 0.307. The minimum atomic E-state index is -3.01. The summed E-state index contributed by atoms with van der Waals surface area (Å²) in [7, 11) is -5.81. The molecule has 0 aromatic carbocycles. The number of nitrogens with one attached hydrogen (secondary N) is 1. The topological polar surface area (TPSA) is 118 Å². The highest BCUT2D eigenvalue weighted by molar-refractivity contribution is 6.84. The summed E-state index contributed by atoms with van der Waals surface area (Å²) in [5, 5.41) is 0. The predicted octanol–water partition coefficient (Wildman–Crippen LogP) is 3.88. The third-order valence-electron chi connectivity index (χ3n) is 7.25. The van der Waals surface area contributed by atoms with Gasteiger partial charge in [0.25, 0.3) is 5.56 Å². The maximum Gasteiger partial charge on any atom is 0.335 e. The molecule has 0 amide bonds. The lowest BCUT2D eigenvalue weighted by Crippen LogP contribution is -2.65. The van der Waals surface area contributed by atoms with E-state index in [1.54, 1.807) is 6.92 Å². The van der Waals surface area contributed by atoms with E-state index in [9.17, 15) is 14.4 Å². The van der Waals surface area contributed by atoms with Gasteiger partial charge >= 0.3 is 28.8 Å². The highest BCUT2D eigenvalue weighted by atomic mass is 28.5. The number of carbonyl (C=O) groups is 1. The van der Waals surface area contributed by atoms with Crippen molar-refractivity contribution in [2.75, 3.05) is 13.2 Å². The highest BCUT2D eigenvalue weighted by Gasteiger charge is 2.61. The van der Waals surface area contributed by atoms with E-state index in [0.29, 0.717) is 5.57 Å². The van der Waals surface area contributed by atoms with E-state index >= 15 is 0 Å². The van der Waals surface area contributed by atoms with Crippen LogP contribution in [0.1, 0.15) is 68.5 Å². The van der Waals surface area contributed by atoms with E-state index in [-0.39, 0.29) is 35.4 Å². The van der Waals surface area contributed by atoms with Gasteiger partial charge < -0.3 is 22.4 Å². The second kappa shape index (κ2) is 11.5. The van der Waals surface area contributed by atoms with Crippen LogP contribution in [0.4, 0.5) is 0 Å². The summed E-state index contributed by atoms with van der Waals surface area (Å²) < 4.78 is 33.9. The molecule has 3 heterocycles. The summed E-state index contributed by atoms with van der Waals surface area (Å²) in [6, 6.07) is 1.24. The molecule has 0 aliphatic carbocycles. The number of hydrogen-bond acceptors (Lipinski definition) is 8. The summed E-state index contributed by atoms with van der Waals surface area (Å²) in [4.78, 5) is 39.4. The van der Waals surface area contributed by atoms with Gasteiger partial charge in [0.05, 0.1) is 13.2 Å². The van der Waals surface area contributed by atoms with E-state index in [0.717, 1.165) is 0 Å². The Morgan fingerprint density at radius 3 is 2.19 bits per heavy atom. The Hall–Kier alpha value is -1.84. The van der Waals surface area contributed by atoms with Crippen LogP contribution in [-0.2, 0) is 27.2 Å². The van der Waals surface area contributed by atoms with Crippen LogP contribution in [0.3, 0.4) is 0 Å². The molecule has 1 aromatic rings. The number of aromatic amines is 1. The minimum Gasteiger partial charge on any atom is -0.463 e. The van der Waals surface area contributed by atoms with Crippen molar-refractivity contribution < 1.29 is 27.2 Å². The van der Waals surface area contributed by atoms with Gasteiger partial charge in [0.2, 0.25) is 0 Å². The maximum atomic E-state index is 12.8. The number of hydrogen-bond donors (Lipinski definition) is 1. The van der Waals surface area contributed by atoms with Crippen LogP contribution in [0, 0.1) is 0 Å². The third-order valence-corrected chi connectivity index (χ3v) is 17.5. The zero-order chi connectivity index (χ0) is 27.7. The number of fused-ring (bicyclic) bond motifs is 1. The van der Waals surface area contributed by atoms with Crippen LogP contribution in [0.2, 0.25) is 22.2 Å². The summed E-state index contributed by atoms with van der Waals surface area (Å²) in [6.45, 7) is 19.1. The highest BCUT2D eigenvalue weighted by Crippen LogP contribution is 2.49. The minimum absolute atomic E-state index is 0.0675. The molecular weight excluding hydrogens is 512 g/mol. The van der Waals surface area contributed by atoms with Gasteiger partial charge in [-0.25, -0.2) is 9.59 Å². The van der Waals surface area contributed by atoms with E-state index in [1.165, 1.54) is 22.9 Å². The number of nitrogens with zero attached hydrogens (tertiary/aromatic N) is 1. The largest absolute Gasteiger partial charge is 0.463 e. The van der Waals surface area contributed by atoms with Gasteiger partial charge in [-0.2, -0.15) is 0 Å². The Balaban J connectivity index is 2.22. The summed E-state index contributed by atoms with van der Waals surface area (Å²) >= 11 is 0. The van der Waals surface area contributed by atoms with Crippen LogP contribution in [0.15, 0.2) is 33.5 Å². The summed E-state index contributed by atoms with van der Waals surface area (Å²) in [6.07, 6.45) is 0.426. The third kappa shape index (κ3) is 5.64. The summed E-state index contributed by atoms with van der Waals surface area (Å²) in [5.41, 5.74) is -0.286. The van der Waals surface area contributed by atoms with Crippen LogP contribution < -0.4 is 11.2 Å². The maximum absolute atomic E-state index is 12.8. The van der Waals surface area contributed by atoms with Crippen molar-refractivity contribution in [1.29, 1.82) is 0 Å². The Labute approximate surface area is 220 Å². The predicted molar refractivity (Wildman–Crippen MR) is 144 cm³/mol. The fraction of sp³-hybridized carbons (Fsp3) is 0.720. The molecule has 3 unspecified atom stereocenters. The molecule has 2 saturated heterocycles. The van der Waals surface area contributed by atoms with Crippen LogP contribution in [0.25, 0.3) is 0 Å². The molecule has 208 valence electrons. The number of ether oxygens (including phenoxy) is 2. The molecule has 0 saturated carbocycles. The first-order chi connectivity index (χ1) is 17.3. The molecule has 0 radical (unpaired) electrons. The van der Waals surface area contributed by atoms with Crippen LogP contribution in [-0.4, -0.2) is 58.1 Å². The van der Waals surface area contributed by atoms with Crippen LogP contribution >= 0.6 is 0 Å².